The predicted octanol–water partition coefficient (Wildman–Crippen LogP) is 3.51. The molecule has 2 rings (SSSR count). The quantitative estimate of drug-likeness (QED) is 0.678. The minimum Gasteiger partial charge on any atom is -0.484 e. The number of amides is 1. The zero-order valence-electron chi connectivity index (χ0n) is 13.7. The van der Waals surface area contributed by atoms with Gasteiger partial charge in [0.05, 0.1) is 6.21 Å². The van der Waals surface area contributed by atoms with Gasteiger partial charge in [-0.3, -0.25) is 4.79 Å². The molecule has 0 saturated carbocycles. The van der Waals surface area contributed by atoms with Crippen LogP contribution in [0.2, 0.25) is 0 Å². The Morgan fingerprint density at radius 3 is 2.35 bits per heavy atom. The van der Waals surface area contributed by atoms with Crippen molar-refractivity contribution in [2.75, 3.05) is 6.61 Å². The summed E-state index contributed by atoms with van der Waals surface area (Å²) in [6, 6.07) is 17.3. The zero-order valence-corrected chi connectivity index (χ0v) is 13.7. The molecule has 2 aromatic rings. The van der Waals surface area contributed by atoms with E-state index in [4.69, 9.17) is 4.74 Å². The highest BCUT2D eigenvalue weighted by Gasteiger charge is 2.13. The molecule has 0 bridgehead atoms. The third-order valence-electron chi connectivity index (χ3n) is 3.29. The molecule has 0 aliphatic heterocycles. The van der Waals surface area contributed by atoms with Gasteiger partial charge in [-0.25, -0.2) is 5.43 Å². The summed E-state index contributed by atoms with van der Waals surface area (Å²) >= 11 is 0. The fourth-order valence-electron chi connectivity index (χ4n) is 1.95. The van der Waals surface area contributed by atoms with Crippen LogP contribution in [0.5, 0.6) is 5.75 Å². The molecule has 0 radical (unpaired) electrons. The second-order valence-corrected chi connectivity index (χ2v) is 6.27. The van der Waals surface area contributed by atoms with Gasteiger partial charge < -0.3 is 4.74 Å². The Balaban J connectivity index is 1.79. The molecule has 0 spiro atoms. The Morgan fingerprint density at radius 1 is 1.09 bits per heavy atom. The van der Waals surface area contributed by atoms with Crippen molar-refractivity contribution in [3.05, 3.63) is 65.7 Å². The molecule has 0 heterocycles. The number of hydrogen-bond acceptors (Lipinski definition) is 3. The van der Waals surface area contributed by atoms with Crippen molar-refractivity contribution in [2.45, 2.75) is 26.2 Å². The molecule has 1 amide bonds. The number of carbonyl (C=O) groups is 1. The van der Waals surface area contributed by atoms with Crippen LogP contribution >= 0.6 is 0 Å². The van der Waals surface area contributed by atoms with Crippen LogP contribution in [0.25, 0.3) is 0 Å². The van der Waals surface area contributed by atoms with Gasteiger partial charge in [0.15, 0.2) is 6.61 Å². The summed E-state index contributed by atoms with van der Waals surface area (Å²) in [4.78, 5) is 11.7. The highest BCUT2D eigenvalue weighted by Crippen LogP contribution is 2.24. The first-order chi connectivity index (χ1) is 10.9. The van der Waals surface area contributed by atoms with Gasteiger partial charge in [0.2, 0.25) is 0 Å². The smallest absolute Gasteiger partial charge is 0.277 e. The van der Waals surface area contributed by atoms with Gasteiger partial charge in [-0.15, -0.1) is 0 Å². The first-order valence-electron chi connectivity index (χ1n) is 7.55. The Bertz CT molecular complexity index is 656. The molecule has 0 aliphatic rings. The molecule has 0 aliphatic carbocycles. The highest BCUT2D eigenvalue weighted by atomic mass is 16.5. The predicted molar refractivity (Wildman–Crippen MR) is 92.8 cm³/mol. The van der Waals surface area contributed by atoms with Crippen LogP contribution in [0.4, 0.5) is 0 Å². The fourth-order valence-corrected chi connectivity index (χ4v) is 1.95. The molecule has 1 N–H and O–H groups in total. The minimum atomic E-state index is -0.294. The van der Waals surface area contributed by atoms with E-state index in [1.807, 2.05) is 54.6 Å². The zero-order chi connectivity index (χ0) is 16.7. The topological polar surface area (TPSA) is 50.7 Å². The van der Waals surface area contributed by atoms with Crippen LogP contribution in [0.15, 0.2) is 59.7 Å². The van der Waals surface area contributed by atoms with Crippen molar-refractivity contribution in [3.8, 4) is 5.75 Å². The normalized spacial score (nSPS) is 11.4. The van der Waals surface area contributed by atoms with E-state index < -0.39 is 0 Å². The molecule has 0 atom stereocenters. The monoisotopic (exact) mass is 310 g/mol. The summed E-state index contributed by atoms with van der Waals surface area (Å²) in [5.74, 6) is 0.372. The first kappa shape index (κ1) is 16.7. The Hall–Kier alpha value is -2.62. The number of carbonyl (C=O) groups excluding carboxylic acids is 1. The Kier molecular flexibility index (Phi) is 5.52. The second kappa shape index (κ2) is 7.58. The van der Waals surface area contributed by atoms with Gasteiger partial charge in [0, 0.05) is 0 Å². The molecule has 23 heavy (non-hydrogen) atoms. The van der Waals surface area contributed by atoms with Crippen LogP contribution in [-0.4, -0.2) is 18.7 Å². The van der Waals surface area contributed by atoms with E-state index in [2.05, 4.69) is 31.3 Å². The maximum Gasteiger partial charge on any atom is 0.277 e. The summed E-state index contributed by atoms with van der Waals surface area (Å²) in [7, 11) is 0. The third kappa shape index (κ3) is 5.58. The highest BCUT2D eigenvalue weighted by molar-refractivity contribution is 5.82. The summed E-state index contributed by atoms with van der Waals surface area (Å²) in [5.41, 5.74) is 4.69. The number of hydrazone groups is 1. The van der Waals surface area contributed by atoms with E-state index in [-0.39, 0.29) is 17.9 Å². The standard InChI is InChI=1S/C19H22N2O2/c1-19(2,3)16-9-11-17(12-10-16)23-14-18(22)21-20-13-15-7-5-4-6-8-15/h4-13H,14H2,1-3H3,(H,21,22)/b20-13+. The Morgan fingerprint density at radius 2 is 1.74 bits per heavy atom. The SMILES string of the molecule is CC(C)(C)c1ccc(OCC(=O)N/N=C/c2ccccc2)cc1. The van der Waals surface area contributed by atoms with Crippen molar-refractivity contribution in [3.63, 3.8) is 0 Å². The summed E-state index contributed by atoms with van der Waals surface area (Å²) in [5, 5.41) is 3.90. The van der Waals surface area contributed by atoms with Crippen molar-refractivity contribution < 1.29 is 9.53 Å². The summed E-state index contributed by atoms with van der Waals surface area (Å²) < 4.78 is 5.45. The van der Waals surface area contributed by atoms with E-state index in [1.54, 1.807) is 6.21 Å². The molecule has 4 heteroatoms. The van der Waals surface area contributed by atoms with Gasteiger partial charge in [-0.2, -0.15) is 5.10 Å². The molecule has 4 nitrogen and oxygen atoms in total. The van der Waals surface area contributed by atoms with E-state index in [0.29, 0.717) is 5.75 Å². The van der Waals surface area contributed by atoms with Crippen molar-refractivity contribution in [1.29, 1.82) is 0 Å². The molecule has 0 fully saturated rings. The molecule has 0 saturated heterocycles. The lowest BCUT2D eigenvalue weighted by Crippen LogP contribution is -2.24. The second-order valence-electron chi connectivity index (χ2n) is 6.27. The maximum atomic E-state index is 11.7. The van der Waals surface area contributed by atoms with Crippen molar-refractivity contribution >= 4 is 12.1 Å². The van der Waals surface area contributed by atoms with Crippen LogP contribution in [0.1, 0.15) is 31.9 Å². The number of nitrogens with zero attached hydrogens (tertiary/aromatic N) is 1. The van der Waals surface area contributed by atoms with Crippen LogP contribution < -0.4 is 10.2 Å². The molecular formula is C19H22N2O2. The van der Waals surface area contributed by atoms with E-state index in [0.717, 1.165) is 5.56 Å². The lowest BCUT2D eigenvalue weighted by Gasteiger charge is -2.19. The lowest BCUT2D eigenvalue weighted by atomic mass is 9.87. The summed E-state index contributed by atoms with van der Waals surface area (Å²) in [6.07, 6.45) is 1.59. The van der Waals surface area contributed by atoms with E-state index in [9.17, 15) is 4.79 Å². The maximum absolute atomic E-state index is 11.7. The number of hydrogen-bond donors (Lipinski definition) is 1. The molecule has 2 aromatic carbocycles. The first-order valence-corrected chi connectivity index (χ1v) is 7.55. The number of benzene rings is 2. The van der Waals surface area contributed by atoms with Crippen LogP contribution in [0, 0.1) is 0 Å². The average Bonchev–Trinajstić information content (AvgIpc) is 2.53. The molecule has 0 aromatic heterocycles. The van der Waals surface area contributed by atoms with Crippen LogP contribution in [0.3, 0.4) is 0 Å². The molecule has 0 unspecified atom stereocenters. The number of rotatable bonds is 5. The molecular weight excluding hydrogens is 288 g/mol. The van der Waals surface area contributed by atoms with Gasteiger partial charge in [0.25, 0.3) is 5.91 Å². The van der Waals surface area contributed by atoms with Crippen molar-refractivity contribution in [2.24, 2.45) is 5.10 Å². The van der Waals surface area contributed by atoms with Gasteiger partial charge in [-0.05, 0) is 28.7 Å². The molecule has 120 valence electrons. The van der Waals surface area contributed by atoms with Gasteiger partial charge in [-0.1, -0.05) is 63.2 Å². The average molecular weight is 310 g/mol. The number of nitrogens with one attached hydrogen (secondary N) is 1. The van der Waals surface area contributed by atoms with Gasteiger partial charge in [0.1, 0.15) is 5.75 Å². The van der Waals surface area contributed by atoms with E-state index >= 15 is 0 Å². The number of ether oxygens (including phenoxy) is 1. The fraction of sp³-hybridized carbons (Fsp3) is 0.263. The lowest BCUT2D eigenvalue weighted by molar-refractivity contribution is -0.123. The van der Waals surface area contributed by atoms with Crippen LogP contribution in [-0.2, 0) is 10.2 Å². The van der Waals surface area contributed by atoms with Crippen molar-refractivity contribution in [1.82, 2.24) is 5.43 Å². The largest absolute Gasteiger partial charge is 0.484 e. The third-order valence-corrected chi connectivity index (χ3v) is 3.29. The minimum absolute atomic E-state index is 0.0685. The van der Waals surface area contributed by atoms with Gasteiger partial charge >= 0.3 is 0 Å². The van der Waals surface area contributed by atoms with E-state index in [1.165, 1.54) is 5.56 Å². The summed E-state index contributed by atoms with van der Waals surface area (Å²) in [6.45, 7) is 6.39. The Labute approximate surface area is 137 Å².